The minimum Gasteiger partial charge on any atom is -0.378 e. The first-order chi connectivity index (χ1) is 19.5. The van der Waals surface area contributed by atoms with Gasteiger partial charge in [-0.25, -0.2) is 9.37 Å². The molecule has 2 amide bonds. The summed E-state index contributed by atoms with van der Waals surface area (Å²) < 4.78 is 18.3. The smallest absolute Gasteiger partial charge is 0.254 e. The number of carbonyl (C=O) groups excluding carboxylic acids is 2. The van der Waals surface area contributed by atoms with Gasteiger partial charge in [-0.3, -0.25) is 9.59 Å². The zero-order valence-corrected chi connectivity index (χ0v) is 23.2. The minimum absolute atomic E-state index is 0.0381. The van der Waals surface area contributed by atoms with Crippen molar-refractivity contribution in [3.63, 3.8) is 0 Å². The van der Waals surface area contributed by atoms with E-state index in [1.54, 1.807) is 23.5 Å². The summed E-state index contributed by atoms with van der Waals surface area (Å²) in [5.41, 5.74) is 2.10. The largest absolute Gasteiger partial charge is 0.378 e. The van der Waals surface area contributed by atoms with Crippen LogP contribution in [0.15, 0.2) is 54.7 Å². The number of nitriles is 1. The van der Waals surface area contributed by atoms with Crippen LogP contribution in [-0.2, 0) is 9.53 Å². The molecular formula is C31H33FN4O3S. The summed E-state index contributed by atoms with van der Waals surface area (Å²) in [5.74, 6) is 0.0699. The van der Waals surface area contributed by atoms with E-state index in [0.717, 1.165) is 59.5 Å². The molecule has 3 aromatic rings. The Labute approximate surface area is 238 Å². The van der Waals surface area contributed by atoms with Crippen LogP contribution in [0.1, 0.15) is 55.3 Å². The van der Waals surface area contributed by atoms with E-state index in [9.17, 15) is 14.0 Å². The third kappa shape index (κ3) is 6.93. The zero-order valence-electron chi connectivity index (χ0n) is 22.4. The molecule has 1 aromatic heterocycles. The van der Waals surface area contributed by atoms with Crippen LogP contribution in [0.4, 0.5) is 4.39 Å². The molecule has 40 heavy (non-hydrogen) atoms. The van der Waals surface area contributed by atoms with Crippen LogP contribution in [0.25, 0.3) is 21.0 Å². The normalized spacial score (nSPS) is 18.1. The molecule has 1 N–H and O–H groups in total. The lowest BCUT2D eigenvalue weighted by atomic mass is 9.88. The number of carbonyl (C=O) groups is 2. The van der Waals surface area contributed by atoms with Crippen molar-refractivity contribution < 1.29 is 18.7 Å². The first-order valence-corrected chi connectivity index (χ1v) is 14.7. The molecule has 7 nitrogen and oxygen atoms in total. The number of hydrogen-bond donors (Lipinski definition) is 1. The van der Waals surface area contributed by atoms with Gasteiger partial charge in [0, 0.05) is 36.3 Å². The second-order valence-electron chi connectivity index (χ2n) is 10.5. The number of halogens is 1. The van der Waals surface area contributed by atoms with E-state index < -0.39 is 5.54 Å². The van der Waals surface area contributed by atoms with Crippen molar-refractivity contribution in [1.29, 1.82) is 5.26 Å². The molecule has 208 valence electrons. The van der Waals surface area contributed by atoms with Crippen molar-refractivity contribution in [3.8, 4) is 27.1 Å². The average Bonchev–Trinajstić information content (AvgIpc) is 3.61. The zero-order chi connectivity index (χ0) is 28.0. The van der Waals surface area contributed by atoms with Crippen LogP contribution in [0.2, 0.25) is 0 Å². The highest BCUT2D eigenvalue weighted by Gasteiger charge is 2.45. The number of benzene rings is 2. The Balaban J connectivity index is 0.000000194. The molecule has 9 heteroatoms. The fourth-order valence-corrected chi connectivity index (χ4v) is 5.88. The van der Waals surface area contributed by atoms with Crippen molar-refractivity contribution in [2.75, 3.05) is 26.3 Å². The van der Waals surface area contributed by atoms with E-state index >= 15 is 0 Å². The van der Waals surface area contributed by atoms with Gasteiger partial charge in [0.1, 0.15) is 16.4 Å². The Kier molecular flexibility index (Phi) is 8.88. The molecule has 2 aromatic carbocycles. The van der Waals surface area contributed by atoms with Crippen LogP contribution in [0, 0.1) is 23.1 Å². The van der Waals surface area contributed by atoms with Gasteiger partial charge in [0.05, 0.1) is 24.2 Å². The molecule has 2 aliphatic carbocycles. The number of thiazole rings is 1. The first kappa shape index (κ1) is 27.9. The van der Waals surface area contributed by atoms with Gasteiger partial charge in [-0.15, -0.1) is 11.3 Å². The number of amides is 2. The number of nitrogens with one attached hydrogen (secondary N) is 1. The molecule has 1 aliphatic heterocycles. The maximum absolute atomic E-state index is 13.1. The summed E-state index contributed by atoms with van der Waals surface area (Å²) in [7, 11) is 0. The average molecular weight is 561 g/mol. The van der Waals surface area contributed by atoms with Gasteiger partial charge in [-0.2, -0.15) is 5.26 Å². The fraction of sp³-hybridized carbons (Fsp3) is 0.419. The summed E-state index contributed by atoms with van der Waals surface area (Å²) in [6.45, 7) is 2.46. The van der Waals surface area contributed by atoms with Crippen LogP contribution in [-0.4, -0.2) is 53.5 Å². The molecule has 0 atom stereocenters. The van der Waals surface area contributed by atoms with E-state index in [4.69, 9.17) is 10.00 Å². The summed E-state index contributed by atoms with van der Waals surface area (Å²) in [6.07, 6.45) is 9.08. The van der Waals surface area contributed by atoms with Crippen molar-refractivity contribution >= 4 is 23.2 Å². The van der Waals surface area contributed by atoms with Crippen LogP contribution in [0.3, 0.4) is 0 Å². The third-order valence-corrected chi connectivity index (χ3v) is 8.71. The lowest BCUT2D eigenvalue weighted by Gasteiger charge is -2.26. The highest BCUT2D eigenvalue weighted by molar-refractivity contribution is 7.18. The van der Waals surface area contributed by atoms with Gasteiger partial charge in [0.2, 0.25) is 5.91 Å². The van der Waals surface area contributed by atoms with Gasteiger partial charge in [-0.05, 0) is 67.6 Å². The Morgan fingerprint density at radius 2 is 1.65 bits per heavy atom. The van der Waals surface area contributed by atoms with Gasteiger partial charge in [0.25, 0.3) is 5.91 Å². The van der Waals surface area contributed by atoms with Crippen molar-refractivity contribution in [2.24, 2.45) is 5.92 Å². The summed E-state index contributed by atoms with van der Waals surface area (Å²) >= 11 is 1.54. The van der Waals surface area contributed by atoms with E-state index in [1.165, 1.54) is 18.6 Å². The second-order valence-corrected chi connectivity index (χ2v) is 11.6. The molecule has 0 spiro atoms. The summed E-state index contributed by atoms with van der Waals surface area (Å²) in [5, 5.41) is 12.6. The molecule has 0 bridgehead atoms. The van der Waals surface area contributed by atoms with E-state index in [0.29, 0.717) is 31.9 Å². The van der Waals surface area contributed by atoms with Gasteiger partial charge >= 0.3 is 0 Å². The van der Waals surface area contributed by atoms with Gasteiger partial charge < -0.3 is 15.0 Å². The van der Waals surface area contributed by atoms with Crippen LogP contribution >= 0.6 is 11.3 Å². The molecule has 1 saturated heterocycles. The predicted octanol–water partition coefficient (Wildman–Crippen LogP) is 5.83. The number of rotatable bonds is 5. The number of morpholine rings is 1. The maximum Gasteiger partial charge on any atom is 0.254 e. The quantitative estimate of drug-likeness (QED) is 0.424. The second kappa shape index (κ2) is 12.7. The van der Waals surface area contributed by atoms with Gasteiger partial charge in [0.15, 0.2) is 0 Å². The number of hydrogen-bond acceptors (Lipinski definition) is 6. The number of ether oxygens (including phenoxy) is 1. The lowest BCUT2D eigenvalue weighted by Crippen LogP contribution is -2.40. The molecule has 3 aliphatic rings. The molecular weight excluding hydrogens is 527 g/mol. The van der Waals surface area contributed by atoms with E-state index in [-0.39, 0.29) is 23.5 Å². The Bertz CT molecular complexity index is 1350. The Hall–Kier alpha value is -3.61. The van der Waals surface area contributed by atoms with Crippen LogP contribution < -0.4 is 5.32 Å². The topological polar surface area (TPSA) is 95.3 Å². The molecule has 6 rings (SSSR count). The van der Waals surface area contributed by atoms with Crippen molar-refractivity contribution in [2.45, 2.75) is 50.5 Å². The summed E-state index contributed by atoms with van der Waals surface area (Å²) in [6, 6.07) is 16.1. The minimum atomic E-state index is -0.478. The molecule has 0 radical (unpaired) electrons. The van der Waals surface area contributed by atoms with Gasteiger partial charge in [-0.1, -0.05) is 31.4 Å². The monoisotopic (exact) mass is 560 g/mol. The summed E-state index contributed by atoms with van der Waals surface area (Å²) in [4.78, 5) is 31.5. The lowest BCUT2D eigenvalue weighted by molar-refractivity contribution is -0.126. The molecule has 2 heterocycles. The molecule has 3 fully saturated rings. The maximum atomic E-state index is 13.1. The Morgan fingerprint density at radius 1 is 1.00 bits per heavy atom. The first-order valence-electron chi connectivity index (χ1n) is 13.9. The molecule has 0 unspecified atom stereocenters. The highest BCUT2D eigenvalue weighted by atomic mass is 32.1. The number of nitrogens with zero attached hydrogens (tertiary/aromatic N) is 3. The van der Waals surface area contributed by atoms with Crippen LogP contribution in [0.5, 0.6) is 0 Å². The van der Waals surface area contributed by atoms with E-state index in [2.05, 4.69) is 16.4 Å². The van der Waals surface area contributed by atoms with E-state index in [1.807, 2.05) is 35.4 Å². The Morgan fingerprint density at radius 3 is 2.27 bits per heavy atom. The third-order valence-electron chi connectivity index (χ3n) is 7.61. The SMILES string of the molecule is N#CC1(NC(=O)C2CCCCC2)CC1.O=C(c1ccc(-c2cnc(-c3ccc(F)cc3)s2)cc1)N1CCOCC1. The number of aromatic nitrogens is 1. The standard InChI is InChI=1S/C20H17FN2O2S.C11H16N2O/c21-17-7-5-15(6-8-17)19-22-13-18(26-19)14-1-3-16(4-2-14)20(24)23-9-11-25-12-10-23;12-8-11(6-7-11)13-10(14)9-4-2-1-3-5-9/h1-8,13H,9-12H2;9H,1-7H2,(H,13,14). The highest BCUT2D eigenvalue weighted by Crippen LogP contribution is 2.36. The predicted molar refractivity (Wildman–Crippen MR) is 152 cm³/mol. The fourth-order valence-electron chi connectivity index (χ4n) is 4.95. The van der Waals surface area contributed by atoms with Crippen molar-refractivity contribution in [3.05, 3.63) is 66.1 Å². The van der Waals surface area contributed by atoms with Crippen molar-refractivity contribution in [1.82, 2.24) is 15.2 Å². The molecule has 2 saturated carbocycles.